The van der Waals surface area contributed by atoms with Crippen molar-refractivity contribution in [3.63, 3.8) is 0 Å². The van der Waals surface area contributed by atoms with Gasteiger partial charge in [-0.25, -0.2) is 0 Å². The molecule has 0 aromatic rings. The van der Waals surface area contributed by atoms with Gasteiger partial charge in [0, 0.05) is 39.1 Å². The van der Waals surface area contributed by atoms with E-state index in [0.717, 1.165) is 45.9 Å². The topological polar surface area (TPSA) is 41.6 Å². The van der Waals surface area contributed by atoms with Crippen molar-refractivity contribution in [3.05, 3.63) is 0 Å². The standard InChI is InChI=1S/C10H20N2O2/c1-10(13)2-3-11-4-5-12-6-8-14-9-7-12/h11H,2-9H2,1H3. The van der Waals surface area contributed by atoms with Crippen molar-refractivity contribution >= 4 is 5.78 Å². The number of rotatable bonds is 6. The van der Waals surface area contributed by atoms with Crippen molar-refractivity contribution < 1.29 is 9.53 Å². The van der Waals surface area contributed by atoms with Gasteiger partial charge in [-0.05, 0) is 6.92 Å². The maximum absolute atomic E-state index is 10.6. The summed E-state index contributed by atoms with van der Waals surface area (Å²) in [4.78, 5) is 13.0. The van der Waals surface area contributed by atoms with Crippen LogP contribution >= 0.6 is 0 Å². The summed E-state index contributed by atoms with van der Waals surface area (Å²) in [5, 5.41) is 3.26. The molecule has 0 aromatic carbocycles. The SMILES string of the molecule is CC(=O)CCNCCN1CCOCC1. The molecule has 1 rings (SSSR count). The number of nitrogens with one attached hydrogen (secondary N) is 1. The Hall–Kier alpha value is -0.450. The zero-order valence-electron chi connectivity index (χ0n) is 8.92. The summed E-state index contributed by atoms with van der Waals surface area (Å²) >= 11 is 0. The Kier molecular flexibility index (Phi) is 5.75. The summed E-state index contributed by atoms with van der Waals surface area (Å²) in [6.45, 7) is 8.24. The van der Waals surface area contributed by atoms with Crippen molar-refractivity contribution in [2.75, 3.05) is 45.9 Å². The highest BCUT2D eigenvalue weighted by molar-refractivity contribution is 5.75. The molecule has 82 valence electrons. The number of ether oxygens (including phenoxy) is 1. The molecule has 0 radical (unpaired) electrons. The molecule has 0 aliphatic carbocycles. The van der Waals surface area contributed by atoms with Gasteiger partial charge in [0.05, 0.1) is 13.2 Å². The minimum absolute atomic E-state index is 0.254. The second-order valence-corrected chi connectivity index (χ2v) is 3.66. The Morgan fingerprint density at radius 2 is 2.07 bits per heavy atom. The second-order valence-electron chi connectivity index (χ2n) is 3.66. The van der Waals surface area contributed by atoms with E-state index in [4.69, 9.17) is 4.74 Å². The van der Waals surface area contributed by atoms with Crippen molar-refractivity contribution in [3.8, 4) is 0 Å². The summed E-state index contributed by atoms with van der Waals surface area (Å²) in [6, 6.07) is 0. The molecule has 1 fully saturated rings. The van der Waals surface area contributed by atoms with Crippen LogP contribution < -0.4 is 5.32 Å². The molecule has 0 spiro atoms. The van der Waals surface area contributed by atoms with Crippen LogP contribution in [-0.2, 0) is 9.53 Å². The van der Waals surface area contributed by atoms with Gasteiger partial charge in [-0.15, -0.1) is 0 Å². The molecule has 1 aliphatic heterocycles. The lowest BCUT2D eigenvalue weighted by molar-refractivity contribution is -0.116. The van der Waals surface area contributed by atoms with Gasteiger partial charge in [-0.2, -0.15) is 0 Å². The molecule has 0 amide bonds. The predicted octanol–water partition coefficient (Wildman–Crippen LogP) is -0.113. The highest BCUT2D eigenvalue weighted by Gasteiger charge is 2.08. The number of hydrogen-bond donors (Lipinski definition) is 1. The molecule has 14 heavy (non-hydrogen) atoms. The van der Waals surface area contributed by atoms with Crippen molar-refractivity contribution in [2.24, 2.45) is 0 Å². The van der Waals surface area contributed by atoms with Gasteiger partial charge in [0.25, 0.3) is 0 Å². The average Bonchev–Trinajstić information content (AvgIpc) is 2.18. The lowest BCUT2D eigenvalue weighted by Crippen LogP contribution is -2.40. The molecule has 4 heteroatoms. The van der Waals surface area contributed by atoms with Crippen LogP contribution in [0, 0.1) is 0 Å². The zero-order valence-corrected chi connectivity index (χ0v) is 8.92. The first-order valence-corrected chi connectivity index (χ1v) is 5.29. The molecule has 1 heterocycles. The number of nitrogens with zero attached hydrogens (tertiary/aromatic N) is 1. The lowest BCUT2D eigenvalue weighted by atomic mass is 10.3. The molecular weight excluding hydrogens is 180 g/mol. The predicted molar refractivity (Wildman–Crippen MR) is 55.4 cm³/mol. The molecule has 4 nitrogen and oxygen atoms in total. The number of ketones is 1. The second kappa shape index (κ2) is 6.92. The van der Waals surface area contributed by atoms with E-state index in [9.17, 15) is 4.79 Å². The summed E-state index contributed by atoms with van der Waals surface area (Å²) in [5.74, 6) is 0.254. The summed E-state index contributed by atoms with van der Waals surface area (Å²) < 4.78 is 5.25. The zero-order chi connectivity index (χ0) is 10.2. The monoisotopic (exact) mass is 200 g/mol. The van der Waals surface area contributed by atoms with E-state index in [-0.39, 0.29) is 5.78 Å². The van der Waals surface area contributed by atoms with E-state index in [2.05, 4.69) is 10.2 Å². The first kappa shape index (κ1) is 11.6. The van der Waals surface area contributed by atoms with E-state index in [1.165, 1.54) is 0 Å². The largest absolute Gasteiger partial charge is 0.379 e. The van der Waals surface area contributed by atoms with Gasteiger partial charge in [-0.3, -0.25) is 9.69 Å². The van der Waals surface area contributed by atoms with Gasteiger partial charge in [0.1, 0.15) is 5.78 Å². The average molecular weight is 200 g/mol. The van der Waals surface area contributed by atoms with Gasteiger partial charge in [0.2, 0.25) is 0 Å². The number of hydrogen-bond acceptors (Lipinski definition) is 4. The third-order valence-electron chi connectivity index (χ3n) is 2.36. The summed E-state index contributed by atoms with van der Waals surface area (Å²) in [5.41, 5.74) is 0. The number of carbonyl (C=O) groups excluding carboxylic acids is 1. The highest BCUT2D eigenvalue weighted by Crippen LogP contribution is 1.94. The van der Waals surface area contributed by atoms with E-state index in [0.29, 0.717) is 6.42 Å². The van der Waals surface area contributed by atoms with Crippen LogP contribution in [0.3, 0.4) is 0 Å². The van der Waals surface area contributed by atoms with Crippen LogP contribution in [0.5, 0.6) is 0 Å². The van der Waals surface area contributed by atoms with Crippen LogP contribution in [0.2, 0.25) is 0 Å². The smallest absolute Gasteiger partial charge is 0.131 e. The minimum atomic E-state index is 0.254. The van der Waals surface area contributed by atoms with E-state index in [1.54, 1.807) is 6.92 Å². The Morgan fingerprint density at radius 1 is 1.36 bits per heavy atom. The number of Topliss-reactive ketones (excluding diaryl/α,β-unsaturated/α-hetero) is 1. The first-order valence-electron chi connectivity index (χ1n) is 5.29. The normalized spacial score (nSPS) is 18.4. The maximum Gasteiger partial charge on any atom is 0.131 e. The molecule has 0 unspecified atom stereocenters. The Balaban J connectivity index is 1.90. The molecule has 0 bridgehead atoms. The number of carbonyl (C=O) groups is 1. The maximum atomic E-state index is 10.6. The van der Waals surface area contributed by atoms with Crippen LogP contribution in [-0.4, -0.2) is 56.6 Å². The molecule has 0 aromatic heterocycles. The van der Waals surface area contributed by atoms with Gasteiger partial charge < -0.3 is 10.1 Å². The van der Waals surface area contributed by atoms with Gasteiger partial charge in [0.15, 0.2) is 0 Å². The van der Waals surface area contributed by atoms with Crippen molar-refractivity contribution in [1.82, 2.24) is 10.2 Å². The highest BCUT2D eigenvalue weighted by atomic mass is 16.5. The van der Waals surface area contributed by atoms with Crippen LogP contribution in [0.1, 0.15) is 13.3 Å². The fraction of sp³-hybridized carbons (Fsp3) is 0.900. The van der Waals surface area contributed by atoms with Crippen LogP contribution in [0.25, 0.3) is 0 Å². The fourth-order valence-corrected chi connectivity index (χ4v) is 1.45. The molecule has 0 atom stereocenters. The van der Waals surface area contributed by atoms with Crippen LogP contribution in [0.4, 0.5) is 0 Å². The fourth-order valence-electron chi connectivity index (χ4n) is 1.45. The van der Waals surface area contributed by atoms with Crippen LogP contribution in [0.15, 0.2) is 0 Å². The summed E-state index contributed by atoms with van der Waals surface area (Å²) in [6.07, 6.45) is 0.642. The quantitative estimate of drug-likeness (QED) is 0.607. The van der Waals surface area contributed by atoms with E-state index in [1.807, 2.05) is 0 Å². The minimum Gasteiger partial charge on any atom is -0.379 e. The Bertz CT molecular complexity index is 168. The molecule has 1 N–H and O–H groups in total. The van der Waals surface area contributed by atoms with Gasteiger partial charge in [-0.1, -0.05) is 0 Å². The van der Waals surface area contributed by atoms with E-state index >= 15 is 0 Å². The third kappa shape index (κ3) is 5.32. The van der Waals surface area contributed by atoms with Crippen molar-refractivity contribution in [1.29, 1.82) is 0 Å². The molecule has 0 saturated carbocycles. The van der Waals surface area contributed by atoms with E-state index < -0.39 is 0 Å². The van der Waals surface area contributed by atoms with Gasteiger partial charge >= 0.3 is 0 Å². The Labute approximate surface area is 85.6 Å². The number of morpholine rings is 1. The molecular formula is C10H20N2O2. The molecule has 1 aliphatic rings. The summed E-state index contributed by atoms with van der Waals surface area (Å²) in [7, 11) is 0. The molecule has 1 saturated heterocycles. The Morgan fingerprint density at radius 3 is 2.71 bits per heavy atom. The lowest BCUT2D eigenvalue weighted by Gasteiger charge is -2.26. The third-order valence-corrected chi connectivity index (χ3v) is 2.36. The first-order chi connectivity index (χ1) is 6.79. The van der Waals surface area contributed by atoms with Crippen molar-refractivity contribution in [2.45, 2.75) is 13.3 Å².